The standard InChI is InChI=1S/C62H101NO13/c1-3-5-7-9-11-13-15-17-19-21-22-23-24-25-26-27-28-30-32-34-36-38-40-42-44-46-54(67)63-50(51(66)45-43-41-39-37-35-33-31-29-20-18-16-14-12-10-8-6-4-2)49-73-61-59(72)57(70)60(53(48-65)75-61)76-62-58(71)56(69)55(68)52(47-64)74-62/h5,7,11,13,17,19-20,22-23,25-26,28-30,34-37,43,45,50-53,55-62,64-66,68-72H,3-4,6,8-10,12,14-16,18,21,24,27,31-33,38-42,44,46-49H2,1-2H3,(H,63,67)/b7-5-,13-11-,19-17-,23-22-,26-25-,29-20+,30-28-,36-34-,37-35+,45-43+. The second kappa shape index (κ2) is 46.3. The van der Waals surface area contributed by atoms with Crippen molar-refractivity contribution in [3.05, 3.63) is 122 Å². The molecular weight excluding hydrogens is 967 g/mol. The molecule has 76 heavy (non-hydrogen) atoms. The summed E-state index contributed by atoms with van der Waals surface area (Å²) < 4.78 is 22.7. The Hall–Kier alpha value is -3.61. The van der Waals surface area contributed by atoms with Crippen molar-refractivity contribution < 1.29 is 64.6 Å². The lowest BCUT2D eigenvalue weighted by atomic mass is 9.97. The first-order valence-corrected chi connectivity index (χ1v) is 28.8. The number of carbonyl (C=O) groups is 1. The fourth-order valence-electron chi connectivity index (χ4n) is 8.48. The highest BCUT2D eigenvalue weighted by Crippen LogP contribution is 2.30. The molecule has 0 bridgehead atoms. The van der Waals surface area contributed by atoms with E-state index in [1.165, 1.54) is 44.9 Å². The summed E-state index contributed by atoms with van der Waals surface area (Å²) in [5, 5.41) is 87.0. The van der Waals surface area contributed by atoms with Gasteiger partial charge in [-0.05, 0) is 103 Å². The molecule has 1 amide bonds. The Labute approximate surface area is 457 Å². The molecule has 432 valence electrons. The lowest BCUT2D eigenvalue weighted by Crippen LogP contribution is -2.65. The van der Waals surface area contributed by atoms with Crippen LogP contribution in [0.3, 0.4) is 0 Å². The number of allylic oxidation sites excluding steroid dienone is 19. The number of hydrogen-bond donors (Lipinski definition) is 9. The average Bonchev–Trinajstić information content (AvgIpc) is 3.42. The maximum atomic E-state index is 13.2. The van der Waals surface area contributed by atoms with E-state index in [0.717, 1.165) is 89.9 Å². The minimum Gasteiger partial charge on any atom is -0.394 e. The van der Waals surface area contributed by atoms with Gasteiger partial charge in [0.05, 0.1) is 32.0 Å². The van der Waals surface area contributed by atoms with Gasteiger partial charge >= 0.3 is 0 Å². The summed E-state index contributed by atoms with van der Waals surface area (Å²) in [5.74, 6) is -0.292. The molecule has 0 aliphatic carbocycles. The number of aliphatic hydroxyl groups is 8. The van der Waals surface area contributed by atoms with Crippen molar-refractivity contribution in [1.82, 2.24) is 5.32 Å². The highest BCUT2D eigenvalue weighted by molar-refractivity contribution is 5.76. The van der Waals surface area contributed by atoms with Gasteiger partial charge in [0.2, 0.25) is 5.91 Å². The van der Waals surface area contributed by atoms with Crippen molar-refractivity contribution in [1.29, 1.82) is 0 Å². The van der Waals surface area contributed by atoms with Crippen LogP contribution in [0.25, 0.3) is 0 Å². The second-order valence-corrected chi connectivity index (χ2v) is 19.7. The van der Waals surface area contributed by atoms with Crippen LogP contribution in [-0.2, 0) is 23.7 Å². The van der Waals surface area contributed by atoms with Gasteiger partial charge in [-0.15, -0.1) is 0 Å². The van der Waals surface area contributed by atoms with Crippen LogP contribution in [0.2, 0.25) is 0 Å². The van der Waals surface area contributed by atoms with E-state index in [4.69, 9.17) is 18.9 Å². The summed E-state index contributed by atoms with van der Waals surface area (Å²) in [6.45, 7) is 2.60. The van der Waals surface area contributed by atoms with Crippen LogP contribution in [0.15, 0.2) is 122 Å². The molecule has 14 heteroatoms. The van der Waals surface area contributed by atoms with Crippen molar-refractivity contribution in [2.75, 3.05) is 19.8 Å². The molecule has 2 aliphatic rings. The predicted octanol–water partition coefficient (Wildman–Crippen LogP) is 9.44. The molecule has 2 rings (SSSR count). The maximum Gasteiger partial charge on any atom is 0.220 e. The number of unbranched alkanes of at least 4 members (excludes halogenated alkanes) is 12. The van der Waals surface area contributed by atoms with Crippen molar-refractivity contribution in [3.63, 3.8) is 0 Å². The number of ether oxygens (including phenoxy) is 4. The van der Waals surface area contributed by atoms with E-state index in [-0.39, 0.29) is 18.9 Å². The van der Waals surface area contributed by atoms with E-state index in [2.05, 4.69) is 129 Å². The number of hydrogen-bond acceptors (Lipinski definition) is 13. The van der Waals surface area contributed by atoms with E-state index in [0.29, 0.717) is 12.8 Å². The Balaban J connectivity index is 1.83. The zero-order valence-electron chi connectivity index (χ0n) is 46.2. The molecule has 14 nitrogen and oxygen atoms in total. The molecule has 12 unspecified atom stereocenters. The normalized spacial score (nSPS) is 25.8. The molecule has 2 aliphatic heterocycles. The monoisotopic (exact) mass is 1070 g/mol. The fraction of sp³-hybridized carbons (Fsp3) is 0.661. The van der Waals surface area contributed by atoms with E-state index in [1.54, 1.807) is 6.08 Å². The van der Waals surface area contributed by atoms with Crippen LogP contribution >= 0.6 is 0 Å². The smallest absolute Gasteiger partial charge is 0.220 e. The molecule has 0 aromatic carbocycles. The topological polar surface area (TPSA) is 228 Å². The van der Waals surface area contributed by atoms with E-state index in [9.17, 15) is 45.6 Å². The van der Waals surface area contributed by atoms with Crippen LogP contribution in [0, 0.1) is 0 Å². The largest absolute Gasteiger partial charge is 0.394 e. The molecule has 12 atom stereocenters. The van der Waals surface area contributed by atoms with Gasteiger partial charge in [0.25, 0.3) is 0 Å². The van der Waals surface area contributed by atoms with Crippen LogP contribution in [0.4, 0.5) is 0 Å². The molecule has 2 saturated heterocycles. The second-order valence-electron chi connectivity index (χ2n) is 19.7. The quantitative estimate of drug-likeness (QED) is 0.0205. The Bertz CT molecular complexity index is 1730. The molecule has 0 aromatic heterocycles. The van der Waals surface area contributed by atoms with Crippen LogP contribution in [0.1, 0.15) is 168 Å². The summed E-state index contributed by atoms with van der Waals surface area (Å²) >= 11 is 0. The number of carbonyl (C=O) groups excluding carboxylic acids is 1. The molecule has 0 radical (unpaired) electrons. The Morgan fingerprint density at radius 1 is 0.487 bits per heavy atom. The highest BCUT2D eigenvalue weighted by Gasteiger charge is 2.51. The zero-order valence-corrected chi connectivity index (χ0v) is 46.2. The van der Waals surface area contributed by atoms with Crippen LogP contribution in [-0.4, -0.2) is 140 Å². The van der Waals surface area contributed by atoms with Gasteiger partial charge in [0, 0.05) is 6.42 Å². The minimum atomic E-state index is -1.80. The third-order valence-electron chi connectivity index (χ3n) is 13.1. The summed E-state index contributed by atoms with van der Waals surface area (Å²) in [4.78, 5) is 13.2. The summed E-state index contributed by atoms with van der Waals surface area (Å²) in [5.41, 5.74) is 0. The number of rotatable bonds is 43. The Morgan fingerprint density at radius 3 is 1.45 bits per heavy atom. The van der Waals surface area contributed by atoms with Gasteiger partial charge in [0.15, 0.2) is 12.6 Å². The lowest BCUT2D eigenvalue weighted by molar-refractivity contribution is -0.359. The minimum absolute atomic E-state index is 0.221. The van der Waals surface area contributed by atoms with E-state index in [1.807, 2.05) is 6.08 Å². The first kappa shape index (κ1) is 68.5. The third-order valence-corrected chi connectivity index (χ3v) is 13.1. The summed E-state index contributed by atoms with van der Waals surface area (Å²) in [6.07, 6.45) is 49.4. The maximum absolute atomic E-state index is 13.2. The highest BCUT2D eigenvalue weighted by atomic mass is 16.7. The average molecular weight is 1070 g/mol. The van der Waals surface area contributed by atoms with Gasteiger partial charge < -0.3 is 65.1 Å². The van der Waals surface area contributed by atoms with Gasteiger partial charge in [-0.2, -0.15) is 0 Å². The summed E-state index contributed by atoms with van der Waals surface area (Å²) in [6, 6.07) is -0.965. The van der Waals surface area contributed by atoms with Crippen molar-refractivity contribution in [3.8, 4) is 0 Å². The van der Waals surface area contributed by atoms with Crippen molar-refractivity contribution in [2.45, 2.75) is 242 Å². The number of aliphatic hydroxyl groups excluding tert-OH is 8. The number of amides is 1. The predicted molar refractivity (Wildman–Crippen MR) is 304 cm³/mol. The summed E-state index contributed by atoms with van der Waals surface area (Å²) in [7, 11) is 0. The molecular formula is C62H101NO13. The Morgan fingerprint density at radius 2 is 0.921 bits per heavy atom. The van der Waals surface area contributed by atoms with Crippen LogP contribution < -0.4 is 5.32 Å². The van der Waals surface area contributed by atoms with Crippen LogP contribution in [0.5, 0.6) is 0 Å². The molecule has 0 aromatic rings. The number of nitrogens with one attached hydrogen (secondary N) is 1. The van der Waals surface area contributed by atoms with Gasteiger partial charge in [-0.3, -0.25) is 4.79 Å². The zero-order chi connectivity index (χ0) is 55.3. The lowest BCUT2D eigenvalue weighted by Gasteiger charge is -2.46. The van der Waals surface area contributed by atoms with E-state index < -0.39 is 86.8 Å². The fourth-order valence-corrected chi connectivity index (χ4v) is 8.48. The molecule has 2 fully saturated rings. The van der Waals surface area contributed by atoms with Gasteiger partial charge in [-0.25, -0.2) is 0 Å². The molecule has 2 heterocycles. The molecule has 0 spiro atoms. The molecule has 0 saturated carbocycles. The van der Waals surface area contributed by atoms with Crippen molar-refractivity contribution >= 4 is 5.91 Å². The van der Waals surface area contributed by atoms with Gasteiger partial charge in [0.1, 0.15) is 48.8 Å². The first-order chi connectivity index (χ1) is 37.1. The van der Waals surface area contributed by atoms with E-state index >= 15 is 0 Å². The SMILES string of the molecule is CC/C=C\C/C=C\C/C=C\C/C=C\C/C=C\C/C=C\C/C=C\CCCCCC(=O)NC(COC1OC(CO)C(OC2OC(CO)C(O)C(O)C2O)C(O)C1O)C(O)/C=C/CC/C=C/CC/C=C/CCCCCCCCC. The first-order valence-electron chi connectivity index (χ1n) is 28.8. The molecule has 9 N–H and O–H groups in total. The van der Waals surface area contributed by atoms with Crippen molar-refractivity contribution in [2.24, 2.45) is 0 Å². The van der Waals surface area contributed by atoms with Gasteiger partial charge in [-0.1, -0.05) is 180 Å². The third kappa shape index (κ3) is 31.7. The Kier molecular flexibility index (Phi) is 41.7.